The molecule has 0 aromatic carbocycles. The van der Waals surface area contributed by atoms with Crippen molar-refractivity contribution in [3.63, 3.8) is 0 Å². The van der Waals surface area contributed by atoms with E-state index in [4.69, 9.17) is 37.0 Å². The van der Waals surface area contributed by atoms with Gasteiger partial charge in [-0.15, -0.1) is 0 Å². The number of rotatable bonds is 93. The summed E-state index contributed by atoms with van der Waals surface area (Å²) >= 11 is 0. The maximum absolute atomic E-state index is 13.2. The minimum absolute atomic E-state index is 0.108. The number of unbranched alkanes of at least 4 members (excludes halogenated alkanes) is 62. The van der Waals surface area contributed by atoms with Gasteiger partial charge in [0.15, 0.2) is 12.2 Å². The molecule has 3 unspecified atom stereocenters. The van der Waals surface area contributed by atoms with Crippen LogP contribution in [0.3, 0.4) is 0 Å². The third kappa shape index (κ3) is 86.3. The summed E-state index contributed by atoms with van der Waals surface area (Å²) in [6.45, 7) is 9.81. The first kappa shape index (κ1) is 111. The van der Waals surface area contributed by atoms with Crippen molar-refractivity contribution < 1.29 is 80.2 Å². The standard InChI is InChI=1S/C94H184O17P2/c1-7-10-12-14-16-18-20-21-22-23-24-25-26-27-31-36-41-47-53-59-65-71-77-92(97)105-83-90(111-93(98)78-72-66-60-54-48-42-37-32-29-28-30-35-40-46-51-57-63-69-75-87(6)9-3)85-109-113(102,103)107-81-88(95)80-106-112(100,101)108-84-89(82-104-91(96)76-70-64-58-52-44-19-17-15-13-11-8-2)110-94(99)79-73-67-61-55-49-43-38-33-34-39-45-50-56-62-68-74-86(4)5/h86-90,95H,7-85H2,1-6H3,(H,100,101)(H,102,103)/t87?,88-,89+,90+/m0/s1. The molecule has 0 saturated carbocycles. The van der Waals surface area contributed by atoms with Crippen LogP contribution in [0.1, 0.15) is 510 Å². The van der Waals surface area contributed by atoms with Gasteiger partial charge in [-0.1, -0.05) is 459 Å². The van der Waals surface area contributed by atoms with E-state index in [1.807, 2.05) is 0 Å². The average Bonchev–Trinajstić information content (AvgIpc) is 0.898. The first-order valence-electron chi connectivity index (χ1n) is 48.5. The number of phosphoric acid groups is 2. The zero-order valence-corrected chi connectivity index (χ0v) is 76.5. The number of hydrogen-bond acceptors (Lipinski definition) is 15. The molecule has 113 heavy (non-hydrogen) atoms. The van der Waals surface area contributed by atoms with Crippen LogP contribution in [0.5, 0.6) is 0 Å². The van der Waals surface area contributed by atoms with Gasteiger partial charge in [0.05, 0.1) is 26.4 Å². The minimum Gasteiger partial charge on any atom is -0.462 e. The molecular formula is C94H184O17P2. The Hall–Kier alpha value is -1.94. The van der Waals surface area contributed by atoms with Gasteiger partial charge in [-0.2, -0.15) is 0 Å². The molecule has 0 bridgehead atoms. The summed E-state index contributed by atoms with van der Waals surface area (Å²) in [4.78, 5) is 73.5. The molecule has 0 heterocycles. The van der Waals surface area contributed by atoms with Crippen molar-refractivity contribution >= 4 is 39.5 Å². The maximum Gasteiger partial charge on any atom is 0.472 e. The fourth-order valence-electron chi connectivity index (χ4n) is 14.8. The van der Waals surface area contributed by atoms with Crippen molar-refractivity contribution in [1.82, 2.24) is 0 Å². The molecule has 0 rings (SSSR count). The summed E-state index contributed by atoms with van der Waals surface area (Å²) in [5, 5.41) is 10.7. The van der Waals surface area contributed by atoms with Crippen LogP contribution in [-0.4, -0.2) is 96.7 Å². The molecule has 0 aromatic heterocycles. The monoisotopic (exact) mass is 1650 g/mol. The molecule has 3 N–H and O–H groups in total. The van der Waals surface area contributed by atoms with Crippen LogP contribution in [0.25, 0.3) is 0 Å². The van der Waals surface area contributed by atoms with Gasteiger partial charge in [0.1, 0.15) is 19.3 Å². The Morgan fingerprint density at radius 3 is 0.673 bits per heavy atom. The van der Waals surface area contributed by atoms with Gasteiger partial charge in [0.2, 0.25) is 0 Å². The summed E-state index contributed by atoms with van der Waals surface area (Å²) < 4.78 is 69.1. The Kier molecular flexibility index (Phi) is 83.6. The van der Waals surface area contributed by atoms with Crippen LogP contribution in [0.4, 0.5) is 0 Å². The highest BCUT2D eigenvalue weighted by atomic mass is 31.2. The molecule has 0 aliphatic rings. The Morgan fingerprint density at radius 2 is 0.451 bits per heavy atom. The van der Waals surface area contributed by atoms with Gasteiger partial charge in [0, 0.05) is 25.7 Å². The molecule has 6 atom stereocenters. The molecule has 17 nitrogen and oxygen atoms in total. The van der Waals surface area contributed by atoms with Crippen molar-refractivity contribution in [2.75, 3.05) is 39.6 Å². The highest BCUT2D eigenvalue weighted by Crippen LogP contribution is 2.45. The lowest BCUT2D eigenvalue weighted by Crippen LogP contribution is -2.30. The molecule has 672 valence electrons. The Bertz CT molecular complexity index is 2150. The number of carbonyl (C=O) groups excluding carboxylic acids is 4. The maximum atomic E-state index is 13.2. The fourth-order valence-corrected chi connectivity index (χ4v) is 16.4. The second-order valence-electron chi connectivity index (χ2n) is 34.5. The molecule has 0 spiro atoms. The molecule has 0 saturated heterocycles. The highest BCUT2D eigenvalue weighted by molar-refractivity contribution is 7.47. The van der Waals surface area contributed by atoms with E-state index in [0.717, 1.165) is 102 Å². The first-order chi connectivity index (χ1) is 54.9. The van der Waals surface area contributed by atoms with Crippen LogP contribution in [0.2, 0.25) is 0 Å². The number of carbonyl (C=O) groups is 4. The molecule has 19 heteroatoms. The van der Waals surface area contributed by atoms with Crippen molar-refractivity contribution in [3.8, 4) is 0 Å². The number of phosphoric ester groups is 2. The molecule has 0 aromatic rings. The third-order valence-corrected chi connectivity index (χ3v) is 24.5. The molecule has 0 aliphatic heterocycles. The lowest BCUT2D eigenvalue weighted by Gasteiger charge is -2.21. The topological polar surface area (TPSA) is 237 Å². The molecule has 0 radical (unpaired) electrons. The average molecular weight is 1650 g/mol. The largest absolute Gasteiger partial charge is 0.472 e. The van der Waals surface area contributed by atoms with Crippen molar-refractivity contribution in [1.29, 1.82) is 0 Å². The van der Waals surface area contributed by atoms with E-state index in [9.17, 15) is 43.2 Å². The second kappa shape index (κ2) is 85.1. The summed E-state index contributed by atoms with van der Waals surface area (Å²) in [6, 6.07) is 0. The van der Waals surface area contributed by atoms with E-state index in [1.165, 1.54) is 327 Å². The van der Waals surface area contributed by atoms with Gasteiger partial charge in [0.25, 0.3) is 0 Å². The van der Waals surface area contributed by atoms with Gasteiger partial charge < -0.3 is 33.8 Å². The Morgan fingerprint density at radius 1 is 0.257 bits per heavy atom. The van der Waals surface area contributed by atoms with Crippen LogP contribution >= 0.6 is 15.6 Å². The normalized spacial score (nSPS) is 13.9. The second-order valence-corrected chi connectivity index (χ2v) is 37.4. The first-order valence-corrected chi connectivity index (χ1v) is 51.5. The number of esters is 4. The fraction of sp³-hybridized carbons (Fsp3) is 0.957. The summed E-state index contributed by atoms with van der Waals surface area (Å²) in [5.74, 6) is -0.419. The lowest BCUT2D eigenvalue weighted by atomic mass is 9.99. The van der Waals surface area contributed by atoms with Gasteiger partial charge in [-0.05, 0) is 37.5 Å². The number of aliphatic hydroxyl groups excluding tert-OH is 1. The van der Waals surface area contributed by atoms with Crippen molar-refractivity contribution in [2.24, 2.45) is 11.8 Å². The predicted octanol–water partition coefficient (Wildman–Crippen LogP) is 29.4. The van der Waals surface area contributed by atoms with E-state index in [0.29, 0.717) is 25.7 Å². The highest BCUT2D eigenvalue weighted by Gasteiger charge is 2.31. The van der Waals surface area contributed by atoms with Crippen LogP contribution in [0.15, 0.2) is 0 Å². The van der Waals surface area contributed by atoms with Crippen LogP contribution in [0, 0.1) is 11.8 Å². The third-order valence-electron chi connectivity index (χ3n) is 22.6. The Labute approximate surface area is 696 Å². The van der Waals surface area contributed by atoms with Crippen LogP contribution < -0.4 is 0 Å². The zero-order chi connectivity index (χ0) is 82.7. The van der Waals surface area contributed by atoms with E-state index in [1.54, 1.807) is 0 Å². The lowest BCUT2D eigenvalue weighted by molar-refractivity contribution is -0.161. The smallest absolute Gasteiger partial charge is 0.462 e. The van der Waals surface area contributed by atoms with E-state index >= 15 is 0 Å². The van der Waals surface area contributed by atoms with Crippen molar-refractivity contribution in [2.45, 2.75) is 529 Å². The van der Waals surface area contributed by atoms with Gasteiger partial charge >= 0.3 is 39.5 Å². The Balaban J connectivity index is 5.22. The SMILES string of the molecule is CCCCCCCCCCCCCCCCCCCCCCCCC(=O)OC[C@H](COP(=O)(O)OC[C@@H](O)COP(=O)(O)OC[C@@H](COC(=O)CCCCCCCCCCCCC)OC(=O)CCCCCCCCCCCCCCCCCC(C)C)OC(=O)CCCCCCCCCCCCCCCCCCCCC(C)CC. The van der Waals surface area contributed by atoms with Gasteiger partial charge in [-0.3, -0.25) is 37.3 Å². The number of ether oxygens (including phenoxy) is 4. The molecule has 0 aliphatic carbocycles. The molecule has 0 amide bonds. The summed E-state index contributed by atoms with van der Waals surface area (Å²) in [5.41, 5.74) is 0. The zero-order valence-electron chi connectivity index (χ0n) is 74.7. The van der Waals surface area contributed by atoms with E-state index < -0.39 is 97.5 Å². The summed E-state index contributed by atoms with van der Waals surface area (Å²) in [7, 11) is -9.94. The minimum atomic E-state index is -4.97. The van der Waals surface area contributed by atoms with Crippen LogP contribution in [-0.2, 0) is 65.4 Å². The number of aliphatic hydroxyl groups is 1. The van der Waals surface area contributed by atoms with Crippen molar-refractivity contribution in [3.05, 3.63) is 0 Å². The quantitative estimate of drug-likeness (QED) is 0.0222. The molecular weight excluding hydrogens is 1460 g/mol. The molecule has 0 fully saturated rings. The van der Waals surface area contributed by atoms with E-state index in [-0.39, 0.29) is 25.7 Å². The van der Waals surface area contributed by atoms with Gasteiger partial charge in [-0.25, -0.2) is 9.13 Å². The predicted molar refractivity (Wildman–Crippen MR) is 469 cm³/mol. The summed E-state index contributed by atoms with van der Waals surface area (Å²) in [6.07, 6.45) is 80.7. The number of hydrogen-bond donors (Lipinski definition) is 3. The van der Waals surface area contributed by atoms with E-state index in [2.05, 4.69) is 41.5 Å².